The van der Waals surface area contributed by atoms with Crippen LogP contribution in [0.2, 0.25) is 0 Å². The summed E-state index contributed by atoms with van der Waals surface area (Å²) in [4.78, 5) is 4.01. The number of hydrogen-bond acceptors (Lipinski definition) is 15. The molecule has 1 aromatic carbocycles. The van der Waals surface area contributed by atoms with Gasteiger partial charge in [0.15, 0.2) is 17.5 Å². The van der Waals surface area contributed by atoms with Crippen molar-refractivity contribution in [1.82, 2.24) is 35.0 Å². The number of thioether (sulfide) groups is 1. The van der Waals surface area contributed by atoms with Crippen LogP contribution in [0.3, 0.4) is 0 Å². The van der Waals surface area contributed by atoms with Gasteiger partial charge < -0.3 is 45.8 Å². The van der Waals surface area contributed by atoms with Crippen molar-refractivity contribution in [2.75, 3.05) is 18.9 Å². The van der Waals surface area contributed by atoms with Gasteiger partial charge in [-0.1, -0.05) is 22.2 Å². The average Bonchev–Trinajstić information content (AvgIpc) is 3.74. The Labute approximate surface area is 267 Å². The number of rotatable bonds is 8. The van der Waals surface area contributed by atoms with Crippen LogP contribution < -0.4 is 5.73 Å². The van der Waals surface area contributed by atoms with Gasteiger partial charge in [-0.05, 0) is 24.3 Å². The van der Waals surface area contributed by atoms with Crippen molar-refractivity contribution in [1.29, 1.82) is 0 Å². The van der Waals surface area contributed by atoms with Crippen LogP contribution in [-0.4, -0.2) is 126 Å². The third kappa shape index (κ3) is 6.30. The molecule has 0 spiro atoms. The fraction of sp³-hybridized carbons (Fsp3) is 0.444. The van der Waals surface area contributed by atoms with E-state index >= 15 is 0 Å². The molecule has 20 heteroatoms. The lowest BCUT2D eigenvalue weighted by atomic mass is 9.97. The SMILES string of the molecule is Nc1ccc(-c2cn(C3C(O)[C@@H](CO)O[C@@H](SC4OC(CO)C(O)C(n5cc(-c6cc(F)c(F)c(F)c6)nn5)C4O)C3O)nn2)cn1. The van der Waals surface area contributed by atoms with E-state index in [0.717, 1.165) is 22.6 Å². The number of anilines is 1. The number of aliphatic hydroxyl groups excluding tert-OH is 6. The van der Waals surface area contributed by atoms with Crippen LogP contribution in [0, 0.1) is 17.5 Å². The lowest BCUT2D eigenvalue weighted by Gasteiger charge is -2.46. The monoisotopic (exact) mass is 682 g/mol. The molecule has 8 N–H and O–H groups in total. The Bertz CT molecular complexity index is 1680. The van der Waals surface area contributed by atoms with E-state index in [2.05, 4.69) is 25.6 Å². The number of nitrogens with two attached hydrogens (primary N) is 1. The smallest absolute Gasteiger partial charge is 0.194 e. The van der Waals surface area contributed by atoms with Crippen LogP contribution in [0.15, 0.2) is 42.9 Å². The van der Waals surface area contributed by atoms with Gasteiger partial charge in [-0.3, -0.25) is 0 Å². The van der Waals surface area contributed by atoms with Crippen molar-refractivity contribution in [3.05, 3.63) is 60.3 Å². The molecule has 252 valence electrons. The first-order valence-corrected chi connectivity index (χ1v) is 15.1. The molecule has 2 aliphatic heterocycles. The van der Waals surface area contributed by atoms with Gasteiger partial charge in [-0.25, -0.2) is 27.5 Å². The number of aliphatic hydroxyl groups is 6. The Morgan fingerprint density at radius 1 is 0.745 bits per heavy atom. The Hall–Kier alpha value is -3.73. The highest BCUT2D eigenvalue weighted by Crippen LogP contribution is 2.42. The molecule has 0 radical (unpaired) electrons. The van der Waals surface area contributed by atoms with Crippen molar-refractivity contribution in [3.8, 4) is 22.5 Å². The van der Waals surface area contributed by atoms with E-state index in [1.54, 1.807) is 12.1 Å². The van der Waals surface area contributed by atoms with Crippen LogP contribution in [0.25, 0.3) is 22.5 Å². The second kappa shape index (κ2) is 13.4. The molecule has 47 heavy (non-hydrogen) atoms. The van der Waals surface area contributed by atoms with Gasteiger partial charge in [0.25, 0.3) is 0 Å². The Morgan fingerprint density at radius 3 is 1.68 bits per heavy atom. The van der Waals surface area contributed by atoms with Crippen molar-refractivity contribution < 1.29 is 53.3 Å². The zero-order valence-corrected chi connectivity index (χ0v) is 24.8. The van der Waals surface area contributed by atoms with E-state index in [4.69, 9.17) is 15.2 Å². The maximum absolute atomic E-state index is 13.8. The highest BCUT2D eigenvalue weighted by atomic mass is 32.2. The fourth-order valence-corrected chi connectivity index (χ4v) is 6.81. The van der Waals surface area contributed by atoms with Crippen LogP contribution in [-0.2, 0) is 9.47 Å². The molecule has 2 fully saturated rings. The first-order chi connectivity index (χ1) is 22.5. The van der Waals surface area contributed by atoms with Gasteiger partial charge in [0.05, 0.1) is 25.6 Å². The highest BCUT2D eigenvalue weighted by molar-refractivity contribution is 8.00. The minimum absolute atomic E-state index is 0.117. The molecular formula is C27H29F3N8O8S. The van der Waals surface area contributed by atoms with Gasteiger partial charge in [-0.2, -0.15) is 0 Å². The van der Waals surface area contributed by atoms with Gasteiger partial charge >= 0.3 is 0 Å². The molecule has 0 saturated carbocycles. The first-order valence-electron chi connectivity index (χ1n) is 14.1. The summed E-state index contributed by atoms with van der Waals surface area (Å²) in [7, 11) is 0. The molecule has 5 heterocycles. The molecule has 0 amide bonds. The lowest BCUT2D eigenvalue weighted by Crippen LogP contribution is -2.58. The number of nitrogens with zero attached hydrogens (tertiary/aromatic N) is 7. The number of nitrogen functional groups attached to an aromatic ring is 1. The second-order valence-electron chi connectivity index (χ2n) is 10.9. The zero-order valence-electron chi connectivity index (χ0n) is 24.0. The fourth-order valence-electron chi connectivity index (χ4n) is 5.49. The summed E-state index contributed by atoms with van der Waals surface area (Å²) in [5.41, 5.74) is 3.65. The summed E-state index contributed by atoms with van der Waals surface area (Å²) >= 11 is 0.734. The molecule has 4 aromatic rings. The normalized spacial score (nSPS) is 31.3. The number of aromatic nitrogens is 7. The summed E-state index contributed by atoms with van der Waals surface area (Å²) in [6.07, 6.45) is -4.64. The second-order valence-corrected chi connectivity index (χ2v) is 12.1. The minimum Gasteiger partial charge on any atom is -0.394 e. The third-order valence-corrected chi connectivity index (χ3v) is 9.27. The highest BCUT2D eigenvalue weighted by Gasteiger charge is 2.51. The average molecular weight is 683 g/mol. The largest absolute Gasteiger partial charge is 0.394 e. The maximum atomic E-state index is 13.8. The molecule has 2 saturated heterocycles. The zero-order chi connectivity index (χ0) is 33.6. The van der Waals surface area contributed by atoms with E-state index in [1.165, 1.54) is 17.1 Å². The number of pyridine rings is 1. The summed E-state index contributed by atoms with van der Waals surface area (Å²) in [5.74, 6) is -4.30. The predicted octanol–water partition coefficient (Wildman–Crippen LogP) is -1.01. The number of benzene rings is 1. The number of ether oxygens (including phenoxy) is 2. The van der Waals surface area contributed by atoms with E-state index < -0.39 is 90.2 Å². The molecule has 6 rings (SSSR count). The van der Waals surface area contributed by atoms with Crippen molar-refractivity contribution >= 4 is 17.6 Å². The number of halogens is 3. The topological polar surface area (TPSA) is 240 Å². The van der Waals surface area contributed by atoms with Crippen molar-refractivity contribution in [3.63, 3.8) is 0 Å². The molecule has 16 nitrogen and oxygen atoms in total. The molecule has 0 bridgehead atoms. The Balaban J connectivity index is 1.25. The maximum Gasteiger partial charge on any atom is 0.194 e. The van der Waals surface area contributed by atoms with E-state index in [1.807, 2.05) is 0 Å². The number of hydrogen-bond donors (Lipinski definition) is 7. The van der Waals surface area contributed by atoms with Gasteiger partial charge in [0, 0.05) is 17.3 Å². The quantitative estimate of drug-likeness (QED) is 0.110. The molecule has 0 aliphatic carbocycles. The third-order valence-electron chi connectivity index (χ3n) is 7.96. The minimum atomic E-state index is -1.67. The van der Waals surface area contributed by atoms with Gasteiger partial charge in [-0.15, -0.1) is 10.2 Å². The van der Waals surface area contributed by atoms with Crippen molar-refractivity contribution in [2.45, 2.75) is 59.6 Å². The summed E-state index contributed by atoms with van der Waals surface area (Å²) in [6, 6.07) is 2.06. The van der Waals surface area contributed by atoms with Crippen LogP contribution in [0.1, 0.15) is 12.1 Å². The molecule has 3 aromatic heterocycles. The summed E-state index contributed by atoms with van der Waals surface area (Å²) in [6.45, 7) is -1.38. The standard InChI is InChI=1S/C27H29F3N8O8S/c28-12-3-11(4-13(29)19(12)30)15-7-38(36-34-15)21-23(42)17(9-40)46-27(25(21)44)47-26-24(43)20(22(41)16(8-39)45-26)37-6-14(33-35-37)10-1-2-18(31)32-5-10/h1-7,16-17,20-27,39-44H,8-9H2,(H2,31,32)/t16-,17?,20?,21?,22?,23?,24?,25?,26+,27?/m1/s1. The van der Waals surface area contributed by atoms with Crippen LogP contribution in [0.4, 0.5) is 19.0 Å². The summed E-state index contributed by atoms with van der Waals surface area (Å²) < 4.78 is 54.9. The Morgan fingerprint density at radius 2 is 1.23 bits per heavy atom. The van der Waals surface area contributed by atoms with E-state index in [-0.39, 0.29) is 17.1 Å². The van der Waals surface area contributed by atoms with E-state index in [9.17, 15) is 43.8 Å². The predicted molar refractivity (Wildman–Crippen MR) is 154 cm³/mol. The van der Waals surface area contributed by atoms with Gasteiger partial charge in [0.1, 0.15) is 76.8 Å². The van der Waals surface area contributed by atoms with Crippen LogP contribution >= 0.6 is 11.8 Å². The molecule has 2 aliphatic rings. The molecular weight excluding hydrogens is 653 g/mol. The molecule has 8 unspecified atom stereocenters. The lowest BCUT2D eigenvalue weighted by molar-refractivity contribution is -0.189. The first kappa shape index (κ1) is 33.2. The molecule has 10 atom stereocenters. The van der Waals surface area contributed by atoms with Crippen LogP contribution in [0.5, 0.6) is 0 Å². The Kier molecular flexibility index (Phi) is 9.47. The van der Waals surface area contributed by atoms with Gasteiger partial charge in [0.2, 0.25) is 0 Å². The summed E-state index contributed by atoms with van der Waals surface area (Å²) in [5, 5.41) is 80.5. The van der Waals surface area contributed by atoms with E-state index in [0.29, 0.717) is 23.4 Å². The van der Waals surface area contributed by atoms with Crippen molar-refractivity contribution in [2.24, 2.45) is 0 Å².